The topological polar surface area (TPSA) is 83.6 Å². The lowest BCUT2D eigenvalue weighted by atomic mass is 10.2. The number of aromatic nitrogens is 2. The van der Waals surface area contributed by atoms with Crippen LogP contribution >= 0.6 is 0 Å². The number of carbonyl (C=O) groups is 1. The SMILES string of the molecule is Cc1cc(C(=O)N2CCCN(c3ncccc3C#N)CC2)c(C)n1-c1ccc2c(c1)OCCO2. The van der Waals surface area contributed by atoms with Gasteiger partial charge in [0.25, 0.3) is 5.91 Å². The number of benzene rings is 1. The van der Waals surface area contributed by atoms with Crippen LogP contribution < -0.4 is 14.4 Å². The number of nitrogens with zero attached hydrogens (tertiary/aromatic N) is 5. The Morgan fingerprint density at radius 1 is 1.03 bits per heavy atom. The Hall–Kier alpha value is -3.99. The van der Waals surface area contributed by atoms with Gasteiger partial charge in [0.15, 0.2) is 11.5 Å². The first-order chi connectivity index (χ1) is 16.6. The number of carbonyl (C=O) groups excluding carboxylic acids is 1. The number of nitriles is 1. The van der Waals surface area contributed by atoms with Crippen LogP contribution in [0, 0.1) is 25.2 Å². The Labute approximate surface area is 198 Å². The van der Waals surface area contributed by atoms with E-state index < -0.39 is 0 Å². The fraction of sp³-hybridized carbons (Fsp3) is 0.346. The highest BCUT2D eigenvalue weighted by molar-refractivity contribution is 5.96. The first kappa shape index (κ1) is 21.8. The van der Waals surface area contributed by atoms with Crippen LogP contribution in [0.5, 0.6) is 11.5 Å². The molecule has 8 nitrogen and oxygen atoms in total. The summed E-state index contributed by atoms with van der Waals surface area (Å²) < 4.78 is 13.5. The van der Waals surface area contributed by atoms with Crippen LogP contribution in [0.3, 0.4) is 0 Å². The smallest absolute Gasteiger partial charge is 0.255 e. The zero-order valence-electron chi connectivity index (χ0n) is 19.5. The van der Waals surface area contributed by atoms with Crippen molar-refractivity contribution in [3.05, 3.63) is 65.1 Å². The number of hydrogen-bond donors (Lipinski definition) is 0. The first-order valence-corrected chi connectivity index (χ1v) is 11.5. The van der Waals surface area contributed by atoms with Crippen molar-refractivity contribution in [3.63, 3.8) is 0 Å². The zero-order valence-corrected chi connectivity index (χ0v) is 19.5. The zero-order chi connectivity index (χ0) is 23.7. The summed E-state index contributed by atoms with van der Waals surface area (Å²) in [5.74, 6) is 2.19. The lowest BCUT2D eigenvalue weighted by Gasteiger charge is -2.23. The molecule has 0 saturated carbocycles. The van der Waals surface area contributed by atoms with Gasteiger partial charge in [-0.3, -0.25) is 4.79 Å². The number of ether oxygens (including phenoxy) is 2. The third-order valence-electron chi connectivity index (χ3n) is 6.44. The fourth-order valence-corrected chi connectivity index (χ4v) is 4.79. The van der Waals surface area contributed by atoms with E-state index in [9.17, 15) is 10.1 Å². The second-order valence-electron chi connectivity index (χ2n) is 8.57. The lowest BCUT2D eigenvalue weighted by molar-refractivity contribution is 0.0766. The van der Waals surface area contributed by atoms with Crippen LogP contribution in [-0.2, 0) is 0 Å². The highest BCUT2D eigenvalue weighted by Gasteiger charge is 2.26. The van der Waals surface area contributed by atoms with Gasteiger partial charge in [-0.15, -0.1) is 0 Å². The van der Waals surface area contributed by atoms with Gasteiger partial charge in [0, 0.05) is 55.5 Å². The van der Waals surface area contributed by atoms with Crippen LogP contribution in [-0.4, -0.2) is 59.8 Å². The van der Waals surface area contributed by atoms with Crippen LogP contribution in [0.25, 0.3) is 5.69 Å². The fourth-order valence-electron chi connectivity index (χ4n) is 4.79. The van der Waals surface area contributed by atoms with Crippen molar-refractivity contribution in [2.75, 3.05) is 44.3 Å². The molecular weight excluding hydrogens is 430 g/mol. The molecule has 0 bridgehead atoms. The maximum Gasteiger partial charge on any atom is 0.255 e. The van der Waals surface area contributed by atoms with Gasteiger partial charge >= 0.3 is 0 Å². The number of pyridine rings is 1. The van der Waals surface area contributed by atoms with Gasteiger partial charge in [-0.1, -0.05) is 0 Å². The Morgan fingerprint density at radius 3 is 2.68 bits per heavy atom. The molecule has 1 amide bonds. The lowest BCUT2D eigenvalue weighted by Crippen LogP contribution is -2.35. The number of anilines is 1. The summed E-state index contributed by atoms with van der Waals surface area (Å²) in [6.07, 6.45) is 2.52. The predicted octanol–water partition coefficient (Wildman–Crippen LogP) is 3.48. The largest absolute Gasteiger partial charge is 0.486 e. The van der Waals surface area contributed by atoms with Gasteiger partial charge < -0.3 is 23.8 Å². The van der Waals surface area contributed by atoms with Crippen molar-refractivity contribution in [2.45, 2.75) is 20.3 Å². The summed E-state index contributed by atoms with van der Waals surface area (Å²) in [4.78, 5) is 22.0. The summed E-state index contributed by atoms with van der Waals surface area (Å²) in [6, 6.07) is 13.6. The molecule has 0 N–H and O–H groups in total. The van der Waals surface area contributed by atoms with Crippen molar-refractivity contribution in [1.29, 1.82) is 5.26 Å². The Kier molecular flexibility index (Phi) is 5.84. The van der Waals surface area contributed by atoms with Gasteiger partial charge in [0.05, 0.1) is 11.1 Å². The van der Waals surface area contributed by atoms with Crippen molar-refractivity contribution in [1.82, 2.24) is 14.5 Å². The summed E-state index contributed by atoms with van der Waals surface area (Å²) in [5, 5.41) is 9.43. The van der Waals surface area contributed by atoms with Crippen LogP contribution in [0.4, 0.5) is 5.82 Å². The molecule has 0 radical (unpaired) electrons. The second kappa shape index (κ2) is 9.10. The molecule has 5 rings (SSSR count). The third kappa shape index (κ3) is 3.94. The maximum atomic E-state index is 13.6. The van der Waals surface area contributed by atoms with Crippen molar-refractivity contribution >= 4 is 11.7 Å². The highest BCUT2D eigenvalue weighted by atomic mass is 16.6. The van der Waals surface area contributed by atoms with Crippen LogP contribution in [0.2, 0.25) is 0 Å². The summed E-state index contributed by atoms with van der Waals surface area (Å²) >= 11 is 0. The quantitative estimate of drug-likeness (QED) is 0.599. The number of rotatable bonds is 3. The molecule has 0 atom stereocenters. The summed E-state index contributed by atoms with van der Waals surface area (Å²) in [6.45, 7) is 7.71. The van der Waals surface area contributed by atoms with E-state index in [0.29, 0.717) is 49.8 Å². The molecule has 1 aromatic carbocycles. The minimum atomic E-state index is 0.0280. The van der Waals surface area contributed by atoms with E-state index in [0.717, 1.165) is 41.5 Å². The van der Waals surface area contributed by atoms with Crippen LogP contribution in [0.1, 0.15) is 33.7 Å². The van der Waals surface area contributed by atoms with E-state index in [4.69, 9.17) is 9.47 Å². The van der Waals surface area contributed by atoms with Crippen molar-refractivity contribution < 1.29 is 14.3 Å². The standard InChI is InChI=1S/C26H27N5O3/c1-18-15-22(19(2)31(18)21-6-7-23-24(16-21)34-14-13-33-23)26(32)30-10-4-9-29(11-12-30)25-20(17-27)5-3-8-28-25/h3,5-8,15-16H,4,9-14H2,1-2H3. The molecule has 0 unspecified atom stereocenters. The molecule has 2 aliphatic heterocycles. The monoisotopic (exact) mass is 457 g/mol. The normalized spacial score (nSPS) is 15.6. The van der Waals surface area contributed by atoms with E-state index in [1.807, 2.05) is 43.0 Å². The van der Waals surface area contributed by atoms with Gasteiger partial charge in [0.2, 0.25) is 0 Å². The van der Waals surface area contributed by atoms with Crippen molar-refractivity contribution in [3.8, 4) is 23.3 Å². The number of aryl methyl sites for hydroxylation is 1. The predicted molar refractivity (Wildman–Crippen MR) is 128 cm³/mol. The average Bonchev–Trinajstić information content (AvgIpc) is 3.02. The first-order valence-electron chi connectivity index (χ1n) is 11.5. The molecule has 3 aromatic rings. The molecule has 0 aliphatic carbocycles. The minimum absolute atomic E-state index is 0.0280. The molecule has 1 fully saturated rings. The van der Waals surface area contributed by atoms with E-state index in [1.165, 1.54) is 0 Å². The number of fused-ring (bicyclic) bond motifs is 1. The molecule has 8 heteroatoms. The minimum Gasteiger partial charge on any atom is -0.486 e. The second-order valence-corrected chi connectivity index (χ2v) is 8.57. The van der Waals surface area contributed by atoms with Crippen LogP contribution in [0.15, 0.2) is 42.6 Å². The van der Waals surface area contributed by atoms with E-state index in [-0.39, 0.29) is 5.91 Å². The third-order valence-corrected chi connectivity index (χ3v) is 6.44. The number of hydrogen-bond acceptors (Lipinski definition) is 6. The molecule has 2 aromatic heterocycles. The van der Waals surface area contributed by atoms with Crippen molar-refractivity contribution in [2.24, 2.45) is 0 Å². The molecule has 0 spiro atoms. The molecule has 174 valence electrons. The highest BCUT2D eigenvalue weighted by Crippen LogP contribution is 2.33. The summed E-state index contributed by atoms with van der Waals surface area (Å²) in [7, 11) is 0. The molecule has 34 heavy (non-hydrogen) atoms. The average molecular weight is 458 g/mol. The van der Waals surface area contributed by atoms with E-state index in [1.54, 1.807) is 18.3 Å². The number of amides is 1. The van der Waals surface area contributed by atoms with E-state index in [2.05, 4.69) is 20.5 Å². The van der Waals surface area contributed by atoms with Gasteiger partial charge in [0.1, 0.15) is 25.1 Å². The Morgan fingerprint density at radius 2 is 1.85 bits per heavy atom. The summed E-state index contributed by atoms with van der Waals surface area (Å²) in [5.41, 5.74) is 4.10. The van der Waals surface area contributed by atoms with Gasteiger partial charge in [-0.2, -0.15) is 5.26 Å². The van der Waals surface area contributed by atoms with E-state index >= 15 is 0 Å². The molecular formula is C26H27N5O3. The van der Waals surface area contributed by atoms with Gasteiger partial charge in [-0.05, 0) is 50.6 Å². The van der Waals surface area contributed by atoms with Gasteiger partial charge in [-0.25, -0.2) is 4.98 Å². The molecule has 4 heterocycles. The molecule has 1 saturated heterocycles. The molecule has 2 aliphatic rings. The maximum absolute atomic E-state index is 13.6. The Bertz CT molecular complexity index is 1280. The Balaban J connectivity index is 1.37.